The van der Waals surface area contributed by atoms with Gasteiger partial charge in [0.15, 0.2) is 13.2 Å². The molecule has 19 heavy (non-hydrogen) atoms. The normalized spacial score (nSPS) is 11.9. The van der Waals surface area contributed by atoms with Crippen molar-refractivity contribution in [2.75, 3.05) is 13.2 Å². The van der Waals surface area contributed by atoms with E-state index in [9.17, 15) is 40.7 Å². The Balaban J connectivity index is 4.09. The molecule has 0 aliphatic rings. The summed E-state index contributed by atoms with van der Waals surface area (Å²) in [5.41, 5.74) is 0. The van der Waals surface area contributed by atoms with Crippen molar-refractivity contribution in [2.45, 2.75) is 18.8 Å². The second kappa shape index (κ2) is 6.38. The van der Waals surface area contributed by atoms with E-state index in [1.165, 1.54) is 0 Å². The van der Waals surface area contributed by atoms with Crippen molar-refractivity contribution in [3.05, 3.63) is 0 Å². The van der Waals surface area contributed by atoms with Crippen LogP contribution >= 0.6 is 0 Å². The topological polar surface area (TPSA) is 69.7 Å². The predicted octanol–water partition coefficient (Wildman–Crippen LogP) is 1.16. The van der Waals surface area contributed by atoms with Gasteiger partial charge in [0.05, 0.1) is 0 Å². The number of Topliss-reactive ketones (excluding diaryl/α,β-unsaturated/α-hetero) is 1. The zero-order valence-corrected chi connectivity index (χ0v) is 8.93. The smallest absolute Gasteiger partial charge is 0.422 e. The largest absolute Gasteiger partial charge is 0.456 e. The summed E-state index contributed by atoms with van der Waals surface area (Å²) in [5, 5.41) is 0. The highest BCUT2D eigenvalue weighted by Gasteiger charge is 2.33. The Morgan fingerprint density at radius 3 is 1.63 bits per heavy atom. The summed E-state index contributed by atoms with van der Waals surface area (Å²) in [4.78, 5) is 32.0. The van der Waals surface area contributed by atoms with Crippen molar-refractivity contribution in [3.8, 4) is 0 Å². The third kappa shape index (κ3) is 9.85. The molecule has 0 aliphatic carbocycles. The standard InChI is InChI=1S/C8H6F6O5/c9-7(10,11)2-18-5(16)1-4(15)6(17)19-3-8(12,13)14/h1-3H2. The van der Waals surface area contributed by atoms with Crippen LogP contribution in [0.5, 0.6) is 0 Å². The Kier molecular flexibility index (Phi) is 5.78. The molecule has 0 rings (SSSR count). The van der Waals surface area contributed by atoms with Crippen molar-refractivity contribution in [3.63, 3.8) is 0 Å². The molecule has 110 valence electrons. The number of alkyl halides is 6. The van der Waals surface area contributed by atoms with Crippen LogP contribution < -0.4 is 0 Å². The maximum Gasteiger partial charge on any atom is 0.422 e. The molecule has 5 nitrogen and oxygen atoms in total. The quantitative estimate of drug-likeness (QED) is 0.329. The van der Waals surface area contributed by atoms with E-state index in [1.807, 2.05) is 0 Å². The molecule has 0 radical (unpaired) electrons. The Morgan fingerprint density at radius 1 is 0.789 bits per heavy atom. The maximum atomic E-state index is 11.6. The molecular formula is C8H6F6O5. The van der Waals surface area contributed by atoms with E-state index >= 15 is 0 Å². The fourth-order valence-electron chi connectivity index (χ4n) is 0.644. The fraction of sp³-hybridized carbons (Fsp3) is 0.625. The van der Waals surface area contributed by atoms with Crippen LogP contribution in [0.4, 0.5) is 26.3 Å². The molecule has 0 N–H and O–H groups in total. The van der Waals surface area contributed by atoms with E-state index in [2.05, 4.69) is 9.47 Å². The molecule has 0 bridgehead atoms. The van der Waals surface area contributed by atoms with Gasteiger partial charge in [-0.2, -0.15) is 26.3 Å². The van der Waals surface area contributed by atoms with E-state index in [0.29, 0.717) is 0 Å². The summed E-state index contributed by atoms with van der Waals surface area (Å²) in [6.45, 7) is -4.02. The molecule has 0 aromatic heterocycles. The molecule has 0 saturated heterocycles. The molecule has 11 heteroatoms. The number of esters is 2. The van der Waals surface area contributed by atoms with Crippen LogP contribution in [-0.4, -0.2) is 43.3 Å². The highest BCUT2D eigenvalue weighted by atomic mass is 19.4. The summed E-state index contributed by atoms with van der Waals surface area (Å²) in [7, 11) is 0. The highest BCUT2D eigenvalue weighted by molar-refractivity contribution is 6.36. The molecule has 0 aliphatic heterocycles. The van der Waals surface area contributed by atoms with E-state index in [1.54, 1.807) is 0 Å². The van der Waals surface area contributed by atoms with Gasteiger partial charge in [-0.25, -0.2) is 4.79 Å². The van der Waals surface area contributed by atoms with Crippen molar-refractivity contribution in [2.24, 2.45) is 0 Å². The first-order chi connectivity index (χ1) is 8.41. The Morgan fingerprint density at radius 2 is 1.21 bits per heavy atom. The van der Waals surface area contributed by atoms with E-state index < -0.39 is 49.7 Å². The zero-order chi connectivity index (χ0) is 15.3. The average molecular weight is 296 g/mol. The molecule has 0 unspecified atom stereocenters. The van der Waals surface area contributed by atoms with Crippen LogP contribution in [0.25, 0.3) is 0 Å². The fourth-order valence-corrected chi connectivity index (χ4v) is 0.644. The Hall–Kier alpha value is -1.81. The maximum absolute atomic E-state index is 11.6. The van der Waals surface area contributed by atoms with Crippen LogP contribution in [0.3, 0.4) is 0 Å². The first-order valence-electron chi connectivity index (χ1n) is 4.40. The van der Waals surface area contributed by atoms with Gasteiger partial charge in [-0.05, 0) is 0 Å². The third-order valence-corrected chi connectivity index (χ3v) is 1.30. The molecule has 0 aromatic rings. The average Bonchev–Trinajstić information content (AvgIpc) is 2.21. The summed E-state index contributed by atoms with van der Waals surface area (Å²) < 4.78 is 76.6. The van der Waals surface area contributed by atoms with Crippen LogP contribution in [0.2, 0.25) is 0 Å². The Bertz CT molecular complexity index is 358. The number of hydrogen-bond donors (Lipinski definition) is 0. The van der Waals surface area contributed by atoms with Crippen LogP contribution in [0.15, 0.2) is 0 Å². The summed E-state index contributed by atoms with van der Waals surface area (Å²) >= 11 is 0. The Labute approximate surface area is 101 Å². The monoisotopic (exact) mass is 296 g/mol. The summed E-state index contributed by atoms with van der Waals surface area (Å²) in [5.74, 6) is -5.43. The number of hydrogen-bond acceptors (Lipinski definition) is 5. The number of carbonyl (C=O) groups is 3. The SMILES string of the molecule is O=C(CC(=O)C(=O)OCC(F)(F)F)OCC(F)(F)F. The molecule has 0 spiro atoms. The van der Waals surface area contributed by atoms with Crippen molar-refractivity contribution in [1.82, 2.24) is 0 Å². The van der Waals surface area contributed by atoms with Gasteiger partial charge < -0.3 is 9.47 Å². The first-order valence-corrected chi connectivity index (χ1v) is 4.40. The van der Waals surface area contributed by atoms with Gasteiger partial charge >= 0.3 is 24.3 Å². The lowest BCUT2D eigenvalue weighted by atomic mass is 10.3. The van der Waals surface area contributed by atoms with Gasteiger partial charge in [0, 0.05) is 0 Å². The van der Waals surface area contributed by atoms with Gasteiger partial charge in [0.25, 0.3) is 5.78 Å². The first kappa shape index (κ1) is 17.2. The van der Waals surface area contributed by atoms with Gasteiger partial charge in [0.1, 0.15) is 6.42 Å². The minimum Gasteiger partial charge on any atom is -0.456 e. The molecule has 0 saturated carbocycles. The summed E-state index contributed by atoms with van der Waals surface area (Å²) in [6, 6.07) is 0. The second-order valence-corrected chi connectivity index (χ2v) is 3.07. The minimum atomic E-state index is -4.87. The van der Waals surface area contributed by atoms with Gasteiger partial charge in [0.2, 0.25) is 0 Å². The van der Waals surface area contributed by atoms with Gasteiger partial charge in [-0.3, -0.25) is 9.59 Å². The minimum absolute atomic E-state index is 1.44. The predicted molar refractivity (Wildman–Crippen MR) is 43.7 cm³/mol. The molecule has 0 aromatic carbocycles. The zero-order valence-electron chi connectivity index (χ0n) is 8.93. The molecule has 0 fully saturated rings. The lowest BCUT2D eigenvalue weighted by Gasteiger charge is -2.08. The lowest BCUT2D eigenvalue weighted by Crippen LogP contribution is -2.28. The van der Waals surface area contributed by atoms with Crippen LogP contribution in [0.1, 0.15) is 6.42 Å². The van der Waals surface area contributed by atoms with Gasteiger partial charge in [-0.15, -0.1) is 0 Å². The number of rotatable bonds is 5. The number of ether oxygens (including phenoxy) is 2. The molecule has 0 amide bonds. The number of halogens is 6. The van der Waals surface area contributed by atoms with Crippen LogP contribution in [0, 0.1) is 0 Å². The third-order valence-electron chi connectivity index (χ3n) is 1.30. The summed E-state index contributed by atoms with van der Waals surface area (Å²) in [6.07, 6.45) is -11.1. The van der Waals surface area contributed by atoms with E-state index in [4.69, 9.17) is 0 Å². The van der Waals surface area contributed by atoms with Crippen molar-refractivity contribution >= 4 is 17.7 Å². The van der Waals surface area contributed by atoms with Gasteiger partial charge in [-0.1, -0.05) is 0 Å². The molecular weight excluding hydrogens is 290 g/mol. The highest BCUT2D eigenvalue weighted by Crippen LogP contribution is 2.15. The van der Waals surface area contributed by atoms with Crippen LogP contribution in [-0.2, 0) is 23.9 Å². The van der Waals surface area contributed by atoms with E-state index in [-0.39, 0.29) is 0 Å². The number of ketones is 1. The second-order valence-electron chi connectivity index (χ2n) is 3.07. The van der Waals surface area contributed by atoms with Crippen molar-refractivity contribution in [1.29, 1.82) is 0 Å². The molecule has 0 heterocycles. The number of carbonyl (C=O) groups excluding carboxylic acids is 3. The lowest BCUT2D eigenvalue weighted by molar-refractivity contribution is -0.190. The van der Waals surface area contributed by atoms with Crippen molar-refractivity contribution < 1.29 is 50.2 Å². The molecule has 0 atom stereocenters. The van der Waals surface area contributed by atoms with E-state index in [0.717, 1.165) is 0 Å².